The lowest BCUT2D eigenvalue weighted by molar-refractivity contribution is -0.113. The van der Waals surface area contributed by atoms with E-state index in [1.165, 1.54) is 0 Å². The van der Waals surface area contributed by atoms with Crippen molar-refractivity contribution in [2.24, 2.45) is 0 Å². The Balaban J connectivity index is 1.96. The van der Waals surface area contributed by atoms with Crippen molar-refractivity contribution in [3.63, 3.8) is 0 Å². The van der Waals surface area contributed by atoms with Crippen molar-refractivity contribution in [3.05, 3.63) is 64.9 Å². The molecule has 3 N–H and O–H groups in total. The Morgan fingerprint density at radius 1 is 1.04 bits per heavy atom. The number of carbonyl (C=O) groups excluding carboxylic acids is 1. The first-order chi connectivity index (χ1) is 13.4. The van der Waals surface area contributed by atoms with Crippen molar-refractivity contribution in [1.82, 2.24) is 10.6 Å². The Morgan fingerprint density at radius 2 is 1.71 bits per heavy atom. The van der Waals surface area contributed by atoms with E-state index in [4.69, 9.17) is 21.7 Å². The highest BCUT2D eigenvalue weighted by molar-refractivity contribution is 7.80. The standard InChI is InChI=1S/C21H23N3O3S/c1-12-5-8-15(9-6-12)23-20(25)18-13(2)22-21(28)24-19(18)14-7-10-16(26-3)17(11-14)27-4/h5-11,19H,1-4H3,(H,23,25)(H2,22,24,28)/t19-/m0/s1. The minimum Gasteiger partial charge on any atom is -0.493 e. The van der Waals surface area contributed by atoms with Crippen LogP contribution in [0.25, 0.3) is 0 Å². The van der Waals surface area contributed by atoms with E-state index in [1.807, 2.05) is 56.3 Å². The van der Waals surface area contributed by atoms with E-state index in [-0.39, 0.29) is 5.91 Å². The number of ether oxygens (including phenoxy) is 2. The molecule has 0 aliphatic carbocycles. The maximum Gasteiger partial charge on any atom is 0.255 e. The normalized spacial score (nSPS) is 16.1. The number of hydrogen-bond acceptors (Lipinski definition) is 4. The van der Waals surface area contributed by atoms with E-state index >= 15 is 0 Å². The van der Waals surface area contributed by atoms with Gasteiger partial charge in [0.2, 0.25) is 0 Å². The molecule has 3 rings (SSSR count). The molecule has 0 aromatic heterocycles. The van der Waals surface area contributed by atoms with Crippen LogP contribution < -0.4 is 25.4 Å². The summed E-state index contributed by atoms with van der Waals surface area (Å²) in [6, 6.07) is 12.8. The number of hydrogen-bond donors (Lipinski definition) is 3. The second-order valence-corrected chi connectivity index (χ2v) is 6.91. The molecule has 6 nitrogen and oxygen atoms in total. The van der Waals surface area contributed by atoms with Gasteiger partial charge in [-0.15, -0.1) is 0 Å². The minimum atomic E-state index is -0.418. The maximum atomic E-state index is 13.1. The molecule has 0 bridgehead atoms. The number of thiocarbonyl (C=S) groups is 1. The van der Waals surface area contributed by atoms with Gasteiger partial charge in [-0.05, 0) is 55.9 Å². The highest BCUT2D eigenvalue weighted by Gasteiger charge is 2.30. The van der Waals surface area contributed by atoms with E-state index in [1.54, 1.807) is 14.2 Å². The number of methoxy groups -OCH3 is 2. The van der Waals surface area contributed by atoms with Crippen LogP contribution in [0.1, 0.15) is 24.1 Å². The molecule has 2 aromatic carbocycles. The predicted molar refractivity (Wildman–Crippen MR) is 114 cm³/mol. The number of benzene rings is 2. The average Bonchev–Trinajstić information content (AvgIpc) is 2.68. The lowest BCUT2D eigenvalue weighted by Crippen LogP contribution is -2.45. The Morgan fingerprint density at radius 3 is 2.36 bits per heavy atom. The third kappa shape index (κ3) is 4.09. The molecule has 0 saturated carbocycles. The molecule has 1 atom stereocenters. The summed E-state index contributed by atoms with van der Waals surface area (Å²) < 4.78 is 10.7. The second kappa shape index (κ2) is 8.31. The summed E-state index contributed by atoms with van der Waals surface area (Å²) in [6.45, 7) is 3.84. The van der Waals surface area contributed by atoms with Gasteiger partial charge in [0, 0.05) is 11.4 Å². The van der Waals surface area contributed by atoms with Gasteiger partial charge in [-0.1, -0.05) is 23.8 Å². The van der Waals surface area contributed by atoms with Crippen LogP contribution >= 0.6 is 12.2 Å². The number of anilines is 1. The molecule has 7 heteroatoms. The largest absolute Gasteiger partial charge is 0.493 e. The van der Waals surface area contributed by atoms with E-state index in [2.05, 4.69) is 16.0 Å². The Hall–Kier alpha value is -3.06. The van der Waals surface area contributed by atoms with E-state index < -0.39 is 6.04 Å². The molecule has 146 valence electrons. The highest BCUT2D eigenvalue weighted by Crippen LogP contribution is 2.34. The summed E-state index contributed by atoms with van der Waals surface area (Å²) in [4.78, 5) is 13.1. The molecule has 28 heavy (non-hydrogen) atoms. The summed E-state index contributed by atoms with van der Waals surface area (Å²) in [5.41, 5.74) is 3.96. The first kappa shape index (κ1) is 19.7. The van der Waals surface area contributed by atoms with Crippen LogP contribution in [0, 0.1) is 6.92 Å². The summed E-state index contributed by atoms with van der Waals surface area (Å²) >= 11 is 5.31. The number of rotatable bonds is 5. The number of nitrogens with one attached hydrogen (secondary N) is 3. The van der Waals surface area contributed by atoms with Gasteiger partial charge in [0.05, 0.1) is 25.8 Å². The first-order valence-electron chi connectivity index (χ1n) is 8.81. The number of aryl methyl sites for hydroxylation is 1. The van der Waals surface area contributed by atoms with Gasteiger partial charge >= 0.3 is 0 Å². The fourth-order valence-electron chi connectivity index (χ4n) is 3.11. The van der Waals surface area contributed by atoms with Crippen molar-refractivity contribution in [2.45, 2.75) is 19.9 Å². The zero-order valence-corrected chi connectivity index (χ0v) is 17.1. The molecule has 2 aromatic rings. The van der Waals surface area contributed by atoms with Crippen LogP contribution in [-0.4, -0.2) is 25.2 Å². The van der Waals surface area contributed by atoms with E-state index in [0.29, 0.717) is 27.9 Å². The zero-order chi connectivity index (χ0) is 20.3. The Kier molecular flexibility index (Phi) is 5.84. The quantitative estimate of drug-likeness (QED) is 0.672. The number of amides is 1. The lowest BCUT2D eigenvalue weighted by atomic mass is 9.94. The van der Waals surface area contributed by atoms with Gasteiger partial charge in [-0.2, -0.15) is 0 Å². The maximum absolute atomic E-state index is 13.1. The van der Waals surface area contributed by atoms with Gasteiger partial charge in [0.1, 0.15) is 0 Å². The molecule has 0 radical (unpaired) electrons. The predicted octanol–water partition coefficient (Wildman–Crippen LogP) is 3.44. The lowest BCUT2D eigenvalue weighted by Gasteiger charge is -2.30. The molecule has 1 aliphatic rings. The SMILES string of the molecule is COc1ccc([C@@H]2NC(=S)NC(C)=C2C(=O)Nc2ccc(C)cc2)cc1OC. The molecule has 1 heterocycles. The fourth-order valence-corrected chi connectivity index (χ4v) is 3.38. The Bertz CT molecular complexity index is 938. The summed E-state index contributed by atoms with van der Waals surface area (Å²) in [6.07, 6.45) is 0. The molecular formula is C21H23N3O3S. The summed E-state index contributed by atoms with van der Waals surface area (Å²) in [7, 11) is 3.16. The van der Waals surface area contributed by atoms with Gasteiger partial charge in [0.15, 0.2) is 16.6 Å². The van der Waals surface area contributed by atoms with Crippen molar-refractivity contribution >= 4 is 28.9 Å². The smallest absolute Gasteiger partial charge is 0.255 e. The molecule has 0 unspecified atom stereocenters. The van der Waals surface area contributed by atoms with Gasteiger partial charge in [-0.25, -0.2) is 0 Å². The van der Waals surface area contributed by atoms with Crippen molar-refractivity contribution in [2.75, 3.05) is 19.5 Å². The van der Waals surface area contributed by atoms with E-state index in [9.17, 15) is 4.79 Å². The number of carbonyl (C=O) groups is 1. The van der Waals surface area contributed by atoms with Crippen molar-refractivity contribution in [3.8, 4) is 11.5 Å². The molecule has 1 amide bonds. The van der Waals surface area contributed by atoms with Crippen LogP contribution in [0.15, 0.2) is 53.7 Å². The van der Waals surface area contributed by atoms with Crippen molar-refractivity contribution < 1.29 is 14.3 Å². The zero-order valence-electron chi connectivity index (χ0n) is 16.3. The molecular weight excluding hydrogens is 374 g/mol. The molecule has 1 aliphatic heterocycles. The van der Waals surface area contributed by atoms with Crippen LogP contribution in [0.4, 0.5) is 5.69 Å². The third-order valence-corrected chi connectivity index (χ3v) is 4.78. The van der Waals surface area contributed by atoms with Gasteiger partial charge in [-0.3, -0.25) is 4.79 Å². The van der Waals surface area contributed by atoms with Gasteiger partial charge in [0.25, 0.3) is 5.91 Å². The van der Waals surface area contributed by atoms with Gasteiger partial charge < -0.3 is 25.4 Å². The average molecular weight is 398 g/mol. The topological polar surface area (TPSA) is 71.6 Å². The van der Waals surface area contributed by atoms with Crippen molar-refractivity contribution in [1.29, 1.82) is 0 Å². The summed E-state index contributed by atoms with van der Waals surface area (Å²) in [5.74, 6) is 1.000. The van der Waals surface area contributed by atoms with Crippen LogP contribution in [0.3, 0.4) is 0 Å². The van der Waals surface area contributed by atoms with E-state index in [0.717, 1.165) is 16.8 Å². The first-order valence-corrected chi connectivity index (χ1v) is 9.22. The molecule has 0 spiro atoms. The molecule has 0 saturated heterocycles. The van der Waals surface area contributed by atoms with Crippen LogP contribution in [-0.2, 0) is 4.79 Å². The highest BCUT2D eigenvalue weighted by atomic mass is 32.1. The number of allylic oxidation sites excluding steroid dienone is 1. The second-order valence-electron chi connectivity index (χ2n) is 6.50. The summed E-state index contributed by atoms with van der Waals surface area (Å²) in [5, 5.41) is 9.64. The van der Waals surface area contributed by atoms with Crippen LogP contribution in [0.2, 0.25) is 0 Å². The third-order valence-electron chi connectivity index (χ3n) is 4.56. The Labute approximate surface area is 169 Å². The van der Waals surface area contributed by atoms with Crippen LogP contribution in [0.5, 0.6) is 11.5 Å². The fraction of sp³-hybridized carbons (Fsp3) is 0.238. The minimum absolute atomic E-state index is 0.205. The molecule has 0 fully saturated rings. The monoisotopic (exact) mass is 397 g/mol.